The smallest absolute Gasteiger partial charge is 0.241 e. The van der Waals surface area contributed by atoms with Gasteiger partial charge in [-0.2, -0.15) is 0 Å². The molecule has 0 fully saturated rings. The van der Waals surface area contributed by atoms with Crippen molar-refractivity contribution in [1.82, 2.24) is 9.38 Å². The molecule has 7 heteroatoms. The van der Waals surface area contributed by atoms with Crippen molar-refractivity contribution in [3.8, 4) is 11.3 Å². The standard InChI is InChI=1S/C19H22N4O.2ClH/c1-3-5-16(20)19(24)21-15-9-7-14(8-10-15)17-12-23-11-4-6-13(2)18(23)22-17;;/h4,6-12,16H,3,5,20H2,1-2H3,(H,21,24);2*1H. The van der Waals surface area contributed by atoms with Crippen LogP contribution in [0.25, 0.3) is 16.9 Å². The van der Waals surface area contributed by atoms with E-state index in [1.165, 1.54) is 0 Å². The molecular weight excluding hydrogens is 371 g/mol. The van der Waals surface area contributed by atoms with Crippen molar-refractivity contribution in [2.24, 2.45) is 5.73 Å². The fourth-order valence-electron chi connectivity index (χ4n) is 2.69. The molecule has 0 aliphatic rings. The second-order valence-corrected chi connectivity index (χ2v) is 6.01. The monoisotopic (exact) mass is 394 g/mol. The van der Waals surface area contributed by atoms with Crippen LogP contribution in [0.4, 0.5) is 5.69 Å². The van der Waals surface area contributed by atoms with Gasteiger partial charge in [0.2, 0.25) is 5.91 Å². The summed E-state index contributed by atoms with van der Waals surface area (Å²) in [6, 6.07) is 11.3. The lowest BCUT2D eigenvalue weighted by atomic mass is 10.1. The van der Waals surface area contributed by atoms with Gasteiger partial charge in [-0.15, -0.1) is 24.8 Å². The highest BCUT2D eigenvalue weighted by atomic mass is 35.5. The summed E-state index contributed by atoms with van der Waals surface area (Å²) in [7, 11) is 0. The molecule has 1 unspecified atom stereocenters. The van der Waals surface area contributed by atoms with E-state index in [1.54, 1.807) is 0 Å². The number of fused-ring (bicyclic) bond motifs is 1. The van der Waals surface area contributed by atoms with Crippen LogP contribution in [0.1, 0.15) is 25.3 Å². The van der Waals surface area contributed by atoms with Crippen LogP contribution in [0.5, 0.6) is 0 Å². The van der Waals surface area contributed by atoms with Gasteiger partial charge in [-0.1, -0.05) is 31.5 Å². The van der Waals surface area contributed by atoms with Gasteiger partial charge in [0.15, 0.2) is 0 Å². The Labute approximate surface area is 165 Å². The SMILES string of the molecule is CCCC(N)C(=O)Nc1ccc(-c2cn3cccc(C)c3n2)cc1.Cl.Cl. The van der Waals surface area contributed by atoms with Crippen LogP contribution in [0, 0.1) is 6.92 Å². The van der Waals surface area contributed by atoms with Crippen LogP contribution in [0.2, 0.25) is 0 Å². The lowest BCUT2D eigenvalue weighted by Crippen LogP contribution is -2.35. The number of aromatic nitrogens is 2. The minimum atomic E-state index is -0.462. The highest BCUT2D eigenvalue weighted by molar-refractivity contribution is 5.94. The molecule has 0 spiro atoms. The molecule has 1 aromatic carbocycles. The van der Waals surface area contributed by atoms with Gasteiger partial charge in [-0.3, -0.25) is 4.79 Å². The Hall–Kier alpha value is -2.08. The number of nitrogens with two attached hydrogens (primary N) is 1. The Morgan fingerprint density at radius 3 is 2.54 bits per heavy atom. The van der Waals surface area contributed by atoms with Crippen LogP contribution in [0.3, 0.4) is 0 Å². The quantitative estimate of drug-likeness (QED) is 0.680. The first-order valence-corrected chi connectivity index (χ1v) is 8.19. The van der Waals surface area contributed by atoms with Crippen molar-refractivity contribution >= 4 is 42.1 Å². The molecular formula is C19H24Cl2N4O. The topological polar surface area (TPSA) is 72.4 Å². The lowest BCUT2D eigenvalue weighted by Gasteiger charge is -2.11. The molecule has 140 valence electrons. The molecule has 0 bridgehead atoms. The summed E-state index contributed by atoms with van der Waals surface area (Å²) in [4.78, 5) is 16.6. The van der Waals surface area contributed by atoms with E-state index in [9.17, 15) is 4.79 Å². The summed E-state index contributed by atoms with van der Waals surface area (Å²) in [6.45, 7) is 4.06. The van der Waals surface area contributed by atoms with E-state index in [-0.39, 0.29) is 30.7 Å². The first-order chi connectivity index (χ1) is 11.6. The maximum atomic E-state index is 12.0. The van der Waals surface area contributed by atoms with E-state index < -0.39 is 6.04 Å². The zero-order chi connectivity index (χ0) is 17.1. The van der Waals surface area contributed by atoms with Gasteiger partial charge in [0, 0.05) is 23.6 Å². The highest BCUT2D eigenvalue weighted by Gasteiger charge is 2.12. The summed E-state index contributed by atoms with van der Waals surface area (Å²) in [5.41, 5.74) is 10.6. The Morgan fingerprint density at radius 1 is 1.23 bits per heavy atom. The number of nitrogens with one attached hydrogen (secondary N) is 1. The van der Waals surface area contributed by atoms with Crippen molar-refractivity contribution in [2.45, 2.75) is 32.7 Å². The molecule has 1 amide bonds. The maximum absolute atomic E-state index is 12.0. The normalized spacial score (nSPS) is 11.3. The minimum Gasteiger partial charge on any atom is -0.325 e. The first kappa shape index (κ1) is 22.0. The van der Waals surface area contributed by atoms with E-state index in [2.05, 4.69) is 10.3 Å². The van der Waals surface area contributed by atoms with Gasteiger partial charge in [0.1, 0.15) is 5.65 Å². The van der Waals surface area contributed by atoms with Gasteiger partial charge in [0.05, 0.1) is 11.7 Å². The summed E-state index contributed by atoms with van der Waals surface area (Å²) < 4.78 is 2.02. The molecule has 0 saturated heterocycles. The van der Waals surface area contributed by atoms with Crippen LogP contribution >= 0.6 is 24.8 Å². The Bertz CT molecular complexity index is 862. The number of amides is 1. The fraction of sp³-hybridized carbons (Fsp3) is 0.263. The van der Waals surface area contributed by atoms with Crippen LogP contribution in [-0.2, 0) is 4.79 Å². The minimum absolute atomic E-state index is 0. The molecule has 2 heterocycles. The van der Waals surface area contributed by atoms with Gasteiger partial charge >= 0.3 is 0 Å². The van der Waals surface area contributed by atoms with Gasteiger partial charge in [-0.05, 0) is 37.1 Å². The number of nitrogens with zero attached hydrogens (tertiary/aromatic N) is 2. The second-order valence-electron chi connectivity index (χ2n) is 6.01. The summed E-state index contributed by atoms with van der Waals surface area (Å²) in [5, 5.41) is 2.85. The number of pyridine rings is 1. The van der Waals surface area contributed by atoms with Gasteiger partial charge in [-0.25, -0.2) is 4.98 Å². The molecule has 5 nitrogen and oxygen atoms in total. The molecule has 3 aromatic rings. The van der Waals surface area contributed by atoms with E-state index in [4.69, 9.17) is 5.73 Å². The first-order valence-electron chi connectivity index (χ1n) is 8.19. The molecule has 3 rings (SSSR count). The number of hydrogen-bond acceptors (Lipinski definition) is 3. The Balaban J connectivity index is 0.00000169. The maximum Gasteiger partial charge on any atom is 0.241 e. The molecule has 1 atom stereocenters. The average molecular weight is 395 g/mol. The predicted molar refractivity (Wildman–Crippen MR) is 111 cm³/mol. The molecule has 0 aliphatic carbocycles. The number of aryl methyl sites for hydroxylation is 1. The Kier molecular flexibility index (Phi) is 8.08. The molecule has 0 saturated carbocycles. The Morgan fingerprint density at radius 2 is 1.92 bits per heavy atom. The zero-order valence-electron chi connectivity index (χ0n) is 14.8. The van der Waals surface area contributed by atoms with E-state index >= 15 is 0 Å². The number of rotatable bonds is 5. The third-order valence-electron chi connectivity index (χ3n) is 4.06. The van der Waals surface area contributed by atoms with Crippen LogP contribution in [0.15, 0.2) is 48.8 Å². The van der Waals surface area contributed by atoms with Crippen molar-refractivity contribution in [1.29, 1.82) is 0 Å². The van der Waals surface area contributed by atoms with E-state index in [1.807, 2.05) is 67.0 Å². The fourth-order valence-corrected chi connectivity index (χ4v) is 2.69. The van der Waals surface area contributed by atoms with Crippen molar-refractivity contribution in [2.75, 3.05) is 5.32 Å². The number of carbonyl (C=O) groups is 1. The number of benzene rings is 1. The van der Waals surface area contributed by atoms with Gasteiger partial charge in [0.25, 0.3) is 0 Å². The number of carbonyl (C=O) groups excluding carboxylic acids is 1. The number of halogens is 2. The van der Waals surface area contributed by atoms with E-state index in [0.717, 1.165) is 34.6 Å². The zero-order valence-corrected chi connectivity index (χ0v) is 16.4. The molecule has 0 aliphatic heterocycles. The summed E-state index contributed by atoms with van der Waals surface area (Å²) >= 11 is 0. The number of imidazole rings is 1. The molecule has 2 aromatic heterocycles. The van der Waals surface area contributed by atoms with Crippen LogP contribution in [-0.4, -0.2) is 21.3 Å². The summed E-state index contributed by atoms with van der Waals surface area (Å²) in [6.07, 6.45) is 5.57. The lowest BCUT2D eigenvalue weighted by molar-refractivity contribution is -0.117. The molecule has 26 heavy (non-hydrogen) atoms. The third kappa shape index (κ3) is 4.75. The van der Waals surface area contributed by atoms with Crippen LogP contribution < -0.4 is 11.1 Å². The number of hydrogen-bond donors (Lipinski definition) is 2. The number of anilines is 1. The van der Waals surface area contributed by atoms with Crippen molar-refractivity contribution in [3.05, 3.63) is 54.4 Å². The van der Waals surface area contributed by atoms with Crippen molar-refractivity contribution < 1.29 is 4.79 Å². The van der Waals surface area contributed by atoms with E-state index in [0.29, 0.717) is 6.42 Å². The predicted octanol–water partition coefficient (Wildman–Crippen LogP) is 4.22. The van der Waals surface area contributed by atoms with Crippen molar-refractivity contribution in [3.63, 3.8) is 0 Å². The highest BCUT2D eigenvalue weighted by Crippen LogP contribution is 2.22. The van der Waals surface area contributed by atoms with Gasteiger partial charge < -0.3 is 15.5 Å². The third-order valence-corrected chi connectivity index (χ3v) is 4.06. The summed E-state index contributed by atoms with van der Waals surface area (Å²) in [5.74, 6) is -0.145. The molecule has 3 N–H and O–H groups in total. The largest absolute Gasteiger partial charge is 0.325 e. The average Bonchev–Trinajstić information content (AvgIpc) is 3.01. The second kappa shape index (κ2) is 9.57. The molecule has 0 radical (unpaired) electrons.